The Balaban J connectivity index is 2.18. The van der Waals surface area contributed by atoms with Gasteiger partial charge in [0, 0.05) is 17.6 Å². The van der Waals surface area contributed by atoms with Crippen LogP contribution in [0.1, 0.15) is 11.1 Å². The molecule has 0 aliphatic rings. The zero-order valence-electron chi connectivity index (χ0n) is 9.98. The molecule has 102 valence electrons. The average molecular weight is 326 g/mol. The van der Waals surface area contributed by atoms with Crippen LogP contribution in [-0.4, -0.2) is 25.9 Å². The molecule has 1 aromatic carbocycles. The van der Waals surface area contributed by atoms with Gasteiger partial charge in [-0.2, -0.15) is 13.2 Å². The molecule has 18 heavy (non-hydrogen) atoms. The lowest BCUT2D eigenvalue weighted by Gasteiger charge is -2.09. The summed E-state index contributed by atoms with van der Waals surface area (Å²) in [4.78, 5) is 0. The summed E-state index contributed by atoms with van der Waals surface area (Å²) >= 11 is 3.44. The van der Waals surface area contributed by atoms with Gasteiger partial charge in [0.25, 0.3) is 0 Å². The molecule has 0 heterocycles. The fraction of sp³-hybridized carbons (Fsp3) is 0.500. The molecular formula is C12H15BrF3NO. The molecule has 0 aromatic heterocycles. The third-order valence-electron chi connectivity index (χ3n) is 2.21. The topological polar surface area (TPSA) is 21.3 Å². The van der Waals surface area contributed by atoms with Gasteiger partial charge in [0.15, 0.2) is 0 Å². The summed E-state index contributed by atoms with van der Waals surface area (Å²) in [6.07, 6.45) is -4.25. The maximum Gasteiger partial charge on any atom is 0.411 e. The van der Waals surface area contributed by atoms with E-state index in [2.05, 4.69) is 26.0 Å². The van der Waals surface area contributed by atoms with Crippen molar-refractivity contribution < 1.29 is 17.9 Å². The van der Waals surface area contributed by atoms with Crippen LogP contribution in [0.5, 0.6) is 0 Å². The molecular weight excluding hydrogens is 311 g/mol. The minimum absolute atomic E-state index is 0.0446. The fourth-order valence-corrected chi connectivity index (χ4v) is 1.98. The van der Waals surface area contributed by atoms with Crippen molar-refractivity contribution in [3.05, 3.63) is 33.8 Å². The van der Waals surface area contributed by atoms with Crippen molar-refractivity contribution in [2.45, 2.75) is 19.6 Å². The van der Waals surface area contributed by atoms with Crippen molar-refractivity contribution in [2.75, 3.05) is 19.8 Å². The third-order valence-corrected chi connectivity index (χ3v) is 2.95. The van der Waals surface area contributed by atoms with Crippen molar-refractivity contribution in [3.8, 4) is 0 Å². The molecule has 0 amide bonds. The van der Waals surface area contributed by atoms with Crippen molar-refractivity contribution in [3.63, 3.8) is 0 Å². The van der Waals surface area contributed by atoms with Crippen molar-refractivity contribution >= 4 is 15.9 Å². The molecule has 6 heteroatoms. The van der Waals surface area contributed by atoms with E-state index in [0.717, 1.165) is 15.6 Å². The Bertz CT molecular complexity index is 382. The van der Waals surface area contributed by atoms with Gasteiger partial charge in [0.2, 0.25) is 0 Å². The van der Waals surface area contributed by atoms with Crippen LogP contribution in [0.2, 0.25) is 0 Å². The average Bonchev–Trinajstić information content (AvgIpc) is 2.24. The number of hydrogen-bond acceptors (Lipinski definition) is 2. The summed E-state index contributed by atoms with van der Waals surface area (Å²) in [5.74, 6) is 0. The standard InChI is InChI=1S/C12H15BrF3NO/c1-9-2-3-10(11(13)6-9)7-17-4-5-18-8-12(14,15)16/h2-3,6,17H,4-5,7-8H2,1H3. The van der Waals surface area contributed by atoms with Crippen LogP contribution in [-0.2, 0) is 11.3 Å². The van der Waals surface area contributed by atoms with Gasteiger partial charge in [-0.05, 0) is 24.1 Å². The Labute approximate surface area is 113 Å². The molecule has 0 bridgehead atoms. The SMILES string of the molecule is Cc1ccc(CNCCOCC(F)(F)F)c(Br)c1. The molecule has 0 fully saturated rings. The molecule has 1 rings (SSSR count). The number of aryl methyl sites for hydroxylation is 1. The lowest BCUT2D eigenvalue weighted by molar-refractivity contribution is -0.173. The molecule has 0 atom stereocenters. The van der Waals surface area contributed by atoms with Crippen molar-refractivity contribution in [1.29, 1.82) is 0 Å². The summed E-state index contributed by atoms with van der Waals surface area (Å²) in [6, 6.07) is 5.96. The zero-order valence-corrected chi connectivity index (χ0v) is 11.6. The number of alkyl halides is 3. The highest BCUT2D eigenvalue weighted by Crippen LogP contribution is 2.18. The first-order valence-electron chi connectivity index (χ1n) is 5.49. The summed E-state index contributed by atoms with van der Waals surface area (Å²) in [5.41, 5.74) is 2.22. The molecule has 1 aromatic rings. The highest BCUT2D eigenvalue weighted by molar-refractivity contribution is 9.10. The quantitative estimate of drug-likeness (QED) is 0.809. The summed E-state index contributed by atoms with van der Waals surface area (Å²) < 4.78 is 40.8. The maximum absolute atomic E-state index is 11.8. The van der Waals surface area contributed by atoms with Gasteiger partial charge in [-0.15, -0.1) is 0 Å². The molecule has 0 aliphatic carbocycles. The van der Waals surface area contributed by atoms with Crippen LogP contribution in [0.15, 0.2) is 22.7 Å². The second kappa shape index (κ2) is 7.11. The first-order chi connectivity index (χ1) is 8.38. The van der Waals surface area contributed by atoms with Gasteiger partial charge in [-0.1, -0.05) is 28.1 Å². The van der Waals surface area contributed by atoms with Crippen LogP contribution in [0.3, 0.4) is 0 Å². The Morgan fingerprint density at radius 1 is 1.33 bits per heavy atom. The number of hydrogen-bond donors (Lipinski definition) is 1. The highest BCUT2D eigenvalue weighted by atomic mass is 79.9. The molecule has 0 radical (unpaired) electrons. The number of halogens is 4. The molecule has 0 spiro atoms. The lowest BCUT2D eigenvalue weighted by Crippen LogP contribution is -2.23. The van der Waals surface area contributed by atoms with Gasteiger partial charge in [-0.25, -0.2) is 0 Å². The van der Waals surface area contributed by atoms with Gasteiger partial charge < -0.3 is 10.1 Å². The van der Waals surface area contributed by atoms with Crippen molar-refractivity contribution in [2.24, 2.45) is 0 Å². The van der Waals surface area contributed by atoms with Gasteiger partial charge in [-0.3, -0.25) is 0 Å². The van der Waals surface area contributed by atoms with Crippen LogP contribution < -0.4 is 5.32 Å². The molecule has 2 nitrogen and oxygen atoms in total. The van der Waals surface area contributed by atoms with E-state index in [0.29, 0.717) is 13.1 Å². The van der Waals surface area contributed by atoms with Crippen molar-refractivity contribution in [1.82, 2.24) is 5.32 Å². The Kier molecular flexibility index (Phi) is 6.11. The predicted molar refractivity (Wildman–Crippen MR) is 67.5 cm³/mol. The van der Waals surface area contributed by atoms with E-state index in [-0.39, 0.29) is 6.61 Å². The monoisotopic (exact) mass is 325 g/mol. The largest absolute Gasteiger partial charge is 0.411 e. The summed E-state index contributed by atoms with van der Waals surface area (Å²) in [7, 11) is 0. The van der Waals surface area contributed by atoms with Crippen LogP contribution in [0, 0.1) is 6.92 Å². The van der Waals surface area contributed by atoms with E-state index >= 15 is 0 Å². The molecule has 0 saturated carbocycles. The minimum Gasteiger partial charge on any atom is -0.371 e. The fourth-order valence-electron chi connectivity index (χ4n) is 1.35. The van der Waals surface area contributed by atoms with Crippen LogP contribution in [0.4, 0.5) is 13.2 Å². The third kappa shape index (κ3) is 6.37. The van der Waals surface area contributed by atoms with E-state index in [4.69, 9.17) is 0 Å². The van der Waals surface area contributed by atoms with E-state index in [1.807, 2.05) is 25.1 Å². The van der Waals surface area contributed by atoms with Gasteiger partial charge in [0.1, 0.15) is 6.61 Å². The van der Waals surface area contributed by atoms with Gasteiger partial charge >= 0.3 is 6.18 Å². The van der Waals surface area contributed by atoms with E-state index in [1.165, 1.54) is 0 Å². The predicted octanol–water partition coefficient (Wildman–Crippen LogP) is 3.43. The van der Waals surface area contributed by atoms with E-state index in [9.17, 15) is 13.2 Å². The van der Waals surface area contributed by atoms with E-state index < -0.39 is 12.8 Å². The molecule has 1 N–H and O–H groups in total. The number of nitrogens with one attached hydrogen (secondary N) is 1. The second-order valence-electron chi connectivity index (χ2n) is 3.94. The Hall–Kier alpha value is -0.590. The Morgan fingerprint density at radius 3 is 2.67 bits per heavy atom. The first-order valence-corrected chi connectivity index (χ1v) is 6.28. The normalized spacial score (nSPS) is 11.8. The summed E-state index contributed by atoms with van der Waals surface area (Å²) in [5, 5.41) is 3.03. The second-order valence-corrected chi connectivity index (χ2v) is 4.79. The molecule has 0 aliphatic heterocycles. The first kappa shape index (κ1) is 15.5. The smallest absolute Gasteiger partial charge is 0.371 e. The zero-order chi connectivity index (χ0) is 13.6. The maximum atomic E-state index is 11.8. The Morgan fingerprint density at radius 2 is 2.06 bits per heavy atom. The molecule has 0 unspecified atom stereocenters. The summed E-state index contributed by atoms with van der Waals surface area (Å²) in [6.45, 7) is 1.82. The van der Waals surface area contributed by atoms with E-state index in [1.54, 1.807) is 0 Å². The van der Waals surface area contributed by atoms with Gasteiger partial charge in [0.05, 0.1) is 6.61 Å². The highest BCUT2D eigenvalue weighted by Gasteiger charge is 2.27. The lowest BCUT2D eigenvalue weighted by atomic mass is 10.1. The minimum atomic E-state index is -4.25. The number of rotatable bonds is 6. The van der Waals surface area contributed by atoms with Crippen LogP contribution >= 0.6 is 15.9 Å². The number of ether oxygens (including phenoxy) is 1. The molecule has 0 saturated heterocycles. The number of benzene rings is 1. The van der Waals surface area contributed by atoms with Crippen LogP contribution in [0.25, 0.3) is 0 Å².